The van der Waals surface area contributed by atoms with Gasteiger partial charge in [-0.25, -0.2) is 0 Å². The first kappa shape index (κ1) is 11.9. The Hall–Kier alpha value is -0.610. The molecule has 0 aromatic rings. The summed E-state index contributed by atoms with van der Waals surface area (Å²) in [6, 6.07) is 0. The normalized spacial score (nSPS) is 33.8. The van der Waals surface area contributed by atoms with Crippen LogP contribution in [0.25, 0.3) is 0 Å². The number of hydrogen-bond acceptors (Lipinski definition) is 4. The first-order chi connectivity index (χ1) is 7.44. The maximum absolute atomic E-state index is 11.6. The Balaban J connectivity index is 1.77. The van der Waals surface area contributed by atoms with Crippen molar-refractivity contribution >= 4 is 5.97 Å². The molecule has 1 heterocycles. The first-order valence-electron chi connectivity index (χ1n) is 5.97. The second-order valence-corrected chi connectivity index (χ2v) is 5.50. The molecule has 1 saturated carbocycles. The van der Waals surface area contributed by atoms with Gasteiger partial charge in [0.05, 0.1) is 18.6 Å². The van der Waals surface area contributed by atoms with Crippen LogP contribution in [0.5, 0.6) is 0 Å². The lowest BCUT2D eigenvalue weighted by molar-refractivity contribution is -0.165. The molecular formula is C12H20O4. The summed E-state index contributed by atoms with van der Waals surface area (Å²) in [5.74, 6) is -0.252. The molecule has 16 heavy (non-hydrogen) atoms. The molecule has 1 unspecified atom stereocenters. The highest BCUT2D eigenvalue weighted by Crippen LogP contribution is 2.33. The van der Waals surface area contributed by atoms with E-state index in [-0.39, 0.29) is 24.6 Å². The number of carbonyl (C=O) groups is 1. The number of hydrogen-bond donors (Lipinski definition) is 0. The third-order valence-corrected chi connectivity index (χ3v) is 2.80. The molecule has 2 aliphatic rings. The Kier molecular flexibility index (Phi) is 3.22. The van der Waals surface area contributed by atoms with Gasteiger partial charge in [-0.3, -0.25) is 4.79 Å². The van der Waals surface area contributed by atoms with Crippen molar-refractivity contribution in [3.8, 4) is 0 Å². The van der Waals surface area contributed by atoms with Crippen LogP contribution in [0.2, 0.25) is 0 Å². The second-order valence-electron chi connectivity index (χ2n) is 5.50. The van der Waals surface area contributed by atoms with Crippen molar-refractivity contribution in [1.82, 2.24) is 0 Å². The molecule has 2 rings (SSSR count). The van der Waals surface area contributed by atoms with Crippen LogP contribution in [0.1, 0.15) is 46.5 Å². The van der Waals surface area contributed by atoms with E-state index in [1.54, 1.807) is 0 Å². The van der Waals surface area contributed by atoms with E-state index in [0.29, 0.717) is 0 Å². The van der Waals surface area contributed by atoms with E-state index in [1.165, 1.54) is 0 Å². The lowest BCUT2D eigenvalue weighted by atomic mass is 10.2. The van der Waals surface area contributed by atoms with E-state index in [0.717, 1.165) is 19.3 Å². The number of ether oxygens (including phenoxy) is 3. The topological polar surface area (TPSA) is 44.8 Å². The van der Waals surface area contributed by atoms with E-state index in [4.69, 9.17) is 14.2 Å². The van der Waals surface area contributed by atoms with Gasteiger partial charge in [0.25, 0.3) is 0 Å². The molecule has 0 aromatic carbocycles. The van der Waals surface area contributed by atoms with Gasteiger partial charge in [-0.15, -0.1) is 0 Å². The van der Waals surface area contributed by atoms with Crippen LogP contribution in [0.15, 0.2) is 0 Å². The third kappa shape index (κ3) is 2.95. The highest BCUT2D eigenvalue weighted by molar-refractivity contribution is 5.70. The summed E-state index contributed by atoms with van der Waals surface area (Å²) in [6.45, 7) is 5.57. The number of carbonyl (C=O) groups excluding carboxylic acids is 1. The van der Waals surface area contributed by atoms with Gasteiger partial charge in [0, 0.05) is 0 Å². The minimum absolute atomic E-state index is 0.199. The summed E-state index contributed by atoms with van der Waals surface area (Å²) < 4.78 is 16.5. The Labute approximate surface area is 96.2 Å². The molecule has 1 aliphatic carbocycles. The lowest BCUT2D eigenvalue weighted by Gasteiger charge is -2.20. The largest absolute Gasteiger partial charge is 0.460 e. The summed E-state index contributed by atoms with van der Waals surface area (Å²) >= 11 is 0. The first-order valence-corrected chi connectivity index (χ1v) is 5.97. The fourth-order valence-electron chi connectivity index (χ4n) is 2.24. The number of fused-ring (bicyclic) bond motifs is 1. The van der Waals surface area contributed by atoms with Crippen LogP contribution in [-0.4, -0.2) is 30.1 Å². The fraction of sp³-hybridized carbons (Fsp3) is 0.917. The maximum atomic E-state index is 11.6. The summed E-state index contributed by atoms with van der Waals surface area (Å²) in [5, 5.41) is 0. The summed E-state index contributed by atoms with van der Waals surface area (Å²) in [4.78, 5) is 11.6. The molecule has 0 bridgehead atoms. The van der Waals surface area contributed by atoms with Crippen LogP contribution >= 0.6 is 0 Å². The summed E-state index contributed by atoms with van der Waals surface area (Å²) in [7, 11) is 0. The average Bonchev–Trinajstić information content (AvgIpc) is 2.58. The van der Waals surface area contributed by atoms with Crippen molar-refractivity contribution in [3.63, 3.8) is 0 Å². The molecule has 4 heteroatoms. The molecule has 1 saturated heterocycles. The minimum atomic E-state index is -0.439. The van der Waals surface area contributed by atoms with Crippen LogP contribution in [-0.2, 0) is 19.0 Å². The zero-order valence-electron chi connectivity index (χ0n) is 10.2. The van der Waals surface area contributed by atoms with Gasteiger partial charge in [-0.05, 0) is 40.0 Å². The predicted molar refractivity (Wildman–Crippen MR) is 57.8 cm³/mol. The zero-order chi connectivity index (χ0) is 11.8. The van der Waals surface area contributed by atoms with Crippen LogP contribution in [0.4, 0.5) is 0 Å². The lowest BCUT2D eigenvalue weighted by Crippen LogP contribution is -2.27. The van der Waals surface area contributed by atoms with Crippen LogP contribution in [0, 0.1) is 0 Å². The van der Waals surface area contributed by atoms with E-state index in [2.05, 4.69) is 0 Å². The van der Waals surface area contributed by atoms with Crippen molar-refractivity contribution in [2.75, 3.05) is 0 Å². The van der Waals surface area contributed by atoms with Crippen molar-refractivity contribution in [1.29, 1.82) is 0 Å². The summed E-state index contributed by atoms with van der Waals surface area (Å²) in [5.41, 5.74) is -0.439. The standard InChI is InChI=1S/C12H20O4/c1-12(2,3)16-10(13)7-11-14-8-5-4-6-9(8)15-11/h8-9,11H,4-7H2,1-3H3/t8-,9+,11?. The molecule has 0 amide bonds. The molecule has 4 nitrogen and oxygen atoms in total. The molecule has 0 aromatic heterocycles. The van der Waals surface area contributed by atoms with Crippen molar-refractivity contribution in [2.45, 2.75) is 70.6 Å². The van der Waals surface area contributed by atoms with Gasteiger partial charge in [-0.1, -0.05) is 0 Å². The fourth-order valence-corrected chi connectivity index (χ4v) is 2.24. The number of esters is 1. The van der Waals surface area contributed by atoms with E-state index < -0.39 is 11.9 Å². The molecule has 2 fully saturated rings. The Morgan fingerprint density at radius 2 is 1.81 bits per heavy atom. The zero-order valence-corrected chi connectivity index (χ0v) is 10.2. The Morgan fingerprint density at radius 3 is 2.31 bits per heavy atom. The SMILES string of the molecule is CC(C)(C)OC(=O)CC1O[C@H]2CCC[C@H]2O1. The van der Waals surface area contributed by atoms with E-state index >= 15 is 0 Å². The summed E-state index contributed by atoms with van der Waals surface area (Å²) in [6.07, 6.45) is 3.47. The molecular weight excluding hydrogens is 208 g/mol. The second kappa shape index (κ2) is 4.34. The van der Waals surface area contributed by atoms with Crippen LogP contribution in [0.3, 0.4) is 0 Å². The smallest absolute Gasteiger partial charge is 0.311 e. The van der Waals surface area contributed by atoms with Gasteiger partial charge < -0.3 is 14.2 Å². The maximum Gasteiger partial charge on any atom is 0.311 e. The van der Waals surface area contributed by atoms with Crippen molar-refractivity contribution < 1.29 is 19.0 Å². The molecule has 0 radical (unpaired) electrons. The van der Waals surface area contributed by atoms with Gasteiger partial charge in [0.1, 0.15) is 5.60 Å². The average molecular weight is 228 g/mol. The number of rotatable bonds is 2. The van der Waals surface area contributed by atoms with Gasteiger partial charge >= 0.3 is 5.97 Å². The quantitative estimate of drug-likeness (QED) is 0.678. The van der Waals surface area contributed by atoms with Gasteiger partial charge in [-0.2, -0.15) is 0 Å². The van der Waals surface area contributed by atoms with E-state index in [1.807, 2.05) is 20.8 Å². The molecule has 92 valence electrons. The molecule has 0 spiro atoms. The Bertz CT molecular complexity index is 257. The molecule has 0 N–H and O–H groups in total. The Morgan fingerprint density at radius 1 is 1.25 bits per heavy atom. The highest BCUT2D eigenvalue weighted by Gasteiger charge is 2.40. The van der Waals surface area contributed by atoms with Crippen molar-refractivity contribution in [3.05, 3.63) is 0 Å². The minimum Gasteiger partial charge on any atom is -0.460 e. The van der Waals surface area contributed by atoms with E-state index in [9.17, 15) is 4.79 Å². The third-order valence-electron chi connectivity index (χ3n) is 2.80. The molecule has 1 aliphatic heterocycles. The highest BCUT2D eigenvalue weighted by atomic mass is 16.7. The van der Waals surface area contributed by atoms with Crippen LogP contribution < -0.4 is 0 Å². The molecule has 3 atom stereocenters. The monoisotopic (exact) mass is 228 g/mol. The van der Waals surface area contributed by atoms with Gasteiger partial charge in [0.15, 0.2) is 6.29 Å². The van der Waals surface area contributed by atoms with Gasteiger partial charge in [0.2, 0.25) is 0 Å². The predicted octanol–water partition coefficient (Wildman–Crippen LogP) is 2.01. The van der Waals surface area contributed by atoms with Crippen molar-refractivity contribution in [2.24, 2.45) is 0 Å².